The molecule has 2 N–H and O–H groups in total. The maximum atomic E-state index is 11.5. The number of anilines is 1. The number of aryl methyl sites for hydroxylation is 3. The number of benzene rings is 1. The third kappa shape index (κ3) is 2.56. The number of imidazole rings is 1. The number of rotatable bonds is 3. The summed E-state index contributed by atoms with van der Waals surface area (Å²) in [6, 6.07) is 5.95. The van der Waals surface area contributed by atoms with E-state index in [4.69, 9.17) is 4.74 Å². The summed E-state index contributed by atoms with van der Waals surface area (Å²) in [7, 11) is 0. The Morgan fingerprint density at radius 1 is 1.31 bits per heavy atom. The number of carbonyl (C=O) groups is 1. The minimum Gasteiger partial charge on any atom is -0.493 e. The van der Waals surface area contributed by atoms with Crippen LogP contribution in [-0.2, 0) is 0 Å². The zero-order chi connectivity index (χ0) is 18.4. The molecule has 134 valence electrons. The minimum absolute atomic E-state index is 0.0161. The summed E-state index contributed by atoms with van der Waals surface area (Å²) in [4.78, 5) is 20.4. The van der Waals surface area contributed by atoms with Crippen molar-refractivity contribution in [2.24, 2.45) is 0 Å². The summed E-state index contributed by atoms with van der Waals surface area (Å²) in [6.07, 6.45) is 2.28. The normalized spacial score (nSPS) is 16.2. The molecule has 26 heavy (non-hydrogen) atoms. The van der Waals surface area contributed by atoms with E-state index in [2.05, 4.69) is 15.3 Å². The molecule has 1 aromatic carbocycles. The smallest absolute Gasteiger partial charge is 0.356 e. The van der Waals surface area contributed by atoms with E-state index < -0.39 is 5.97 Å². The van der Waals surface area contributed by atoms with Gasteiger partial charge in [0, 0.05) is 23.9 Å². The van der Waals surface area contributed by atoms with Gasteiger partial charge in [0.05, 0.1) is 18.3 Å². The molecule has 7 heteroatoms. The summed E-state index contributed by atoms with van der Waals surface area (Å²) in [5, 5.41) is 12.8. The number of ether oxygens (including phenoxy) is 1. The lowest BCUT2D eigenvalue weighted by Gasteiger charge is -2.28. The second kappa shape index (κ2) is 6.01. The van der Waals surface area contributed by atoms with Crippen LogP contribution in [0.15, 0.2) is 24.4 Å². The van der Waals surface area contributed by atoms with Crippen molar-refractivity contribution in [1.82, 2.24) is 14.4 Å². The van der Waals surface area contributed by atoms with Crippen molar-refractivity contribution < 1.29 is 14.6 Å². The number of aromatic carboxylic acids is 1. The fourth-order valence-electron chi connectivity index (χ4n) is 3.44. The van der Waals surface area contributed by atoms with Crippen LogP contribution in [0.5, 0.6) is 5.75 Å². The molecule has 0 radical (unpaired) electrons. The van der Waals surface area contributed by atoms with E-state index in [0.29, 0.717) is 18.1 Å². The van der Waals surface area contributed by atoms with Crippen LogP contribution in [0.2, 0.25) is 0 Å². The molecule has 3 aromatic rings. The number of carboxylic acid groups (broad SMARTS) is 1. The molecule has 0 bridgehead atoms. The third-order valence-electron chi connectivity index (χ3n) is 4.91. The molecule has 0 spiro atoms. The van der Waals surface area contributed by atoms with E-state index in [1.807, 2.05) is 39.0 Å². The van der Waals surface area contributed by atoms with Gasteiger partial charge in [0.25, 0.3) is 0 Å². The number of hydrogen-bond acceptors (Lipinski definition) is 5. The first-order valence-electron chi connectivity index (χ1n) is 8.54. The Balaban J connectivity index is 1.84. The maximum absolute atomic E-state index is 11.5. The molecule has 0 aliphatic carbocycles. The average Bonchev–Trinajstić information content (AvgIpc) is 2.90. The topological polar surface area (TPSA) is 88.8 Å². The SMILES string of the molecule is Cc1cccc2c1C(Nc1nc(C(=O)O)cn3c(C)c(C)nc13)CCO2. The molecule has 0 saturated heterocycles. The largest absolute Gasteiger partial charge is 0.493 e. The van der Waals surface area contributed by atoms with Crippen LogP contribution in [0.25, 0.3) is 5.65 Å². The standard InChI is InChI=1S/C19H20N4O3/c1-10-5-4-6-15-16(10)13(7-8-26-15)21-17-18-20-11(2)12(3)23(18)9-14(22-17)19(24)25/h4-6,9,13H,7-8H2,1-3H3,(H,21,22)(H,24,25). The highest BCUT2D eigenvalue weighted by Crippen LogP contribution is 2.37. The molecule has 1 aliphatic rings. The second-order valence-electron chi connectivity index (χ2n) is 6.58. The number of nitrogens with zero attached hydrogens (tertiary/aromatic N) is 3. The number of fused-ring (bicyclic) bond motifs is 2. The van der Waals surface area contributed by atoms with E-state index in [9.17, 15) is 9.90 Å². The van der Waals surface area contributed by atoms with Crippen LogP contribution in [-0.4, -0.2) is 32.1 Å². The first-order valence-corrected chi connectivity index (χ1v) is 8.54. The number of hydrogen-bond donors (Lipinski definition) is 2. The van der Waals surface area contributed by atoms with Gasteiger partial charge in [-0.25, -0.2) is 14.8 Å². The van der Waals surface area contributed by atoms with E-state index in [1.54, 1.807) is 4.40 Å². The van der Waals surface area contributed by atoms with Crippen molar-refractivity contribution in [2.45, 2.75) is 33.2 Å². The van der Waals surface area contributed by atoms with Crippen molar-refractivity contribution >= 4 is 17.4 Å². The van der Waals surface area contributed by atoms with Gasteiger partial charge in [-0.2, -0.15) is 0 Å². The minimum atomic E-state index is -1.07. The molecule has 7 nitrogen and oxygen atoms in total. The van der Waals surface area contributed by atoms with Crippen LogP contribution in [0.4, 0.5) is 5.82 Å². The summed E-state index contributed by atoms with van der Waals surface area (Å²) >= 11 is 0. The van der Waals surface area contributed by atoms with Crippen molar-refractivity contribution in [3.63, 3.8) is 0 Å². The Bertz CT molecular complexity index is 1030. The number of carboxylic acids is 1. The summed E-state index contributed by atoms with van der Waals surface area (Å²) in [5.41, 5.74) is 4.57. The van der Waals surface area contributed by atoms with Crippen molar-refractivity contribution in [3.05, 3.63) is 52.6 Å². The Labute approximate surface area is 150 Å². The quantitative estimate of drug-likeness (QED) is 0.752. The lowest BCUT2D eigenvalue weighted by Crippen LogP contribution is -2.22. The molecule has 2 aromatic heterocycles. The molecule has 0 saturated carbocycles. The van der Waals surface area contributed by atoms with Crippen LogP contribution in [0.1, 0.15) is 45.5 Å². The summed E-state index contributed by atoms with van der Waals surface area (Å²) in [5.74, 6) is 0.265. The van der Waals surface area contributed by atoms with Gasteiger partial charge in [0.1, 0.15) is 5.75 Å². The molecule has 1 atom stereocenters. The van der Waals surface area contributed by atoms with Gasteiger partial charge in [0.2, 0.25) is 0 Å². The zero-order valence-electron chi connectivity index (χ0n) is 14.9. The van der Waals surface area contributed by atoms with Gasteiger partial charge >= 0.3 is 5.97 Å². The van der Waals surface area contributed by atoms with Gasteiger partial charge < -0.3 is 15.2 Å². The average molecular weight is 352 g/mol. The monoisotopic (exact) mass is 352 g/mol. The number of nitrogens with one attached hydrogen (secondary N) is 1. The van der Waals surface area contributed by atoms with E-state index in [0.717, 1.165) is 34.7 Å². The maximum Gasteiger partial charge on any atom is 0.356 e. The van der Waals surface area contributed by atoms with E-state index in [-0.39, 0.29) is 11.7 Å². The molecule has 4 rings (SSSR count). The van der Waals surface area contributed by atoms with E-state index in [1.165, 1.54) is 6.20 Å². The highest BCUT2D eigenvalue weighted by Gasteiger charge is 2.25. The Morgan fingerprint density at radius 2 is 2.12 bits per heavy atom. The lowest BCUT2D eigenvalue weighted by atomic mass is 9.96. The van der Waals surface area contributed by atoms with Crippen molar-refractivity contribution in [3.8, 4) is 5.75 Å². The first-order chi connectivity index (χ1) is 12.5. The molecular weight excluding hydrogens is 332 g/mol. The van der Waals surface area contributed by atoms with Crippen LogP contribution in [0, 0.1) is 20.8 Å². The van der Waals surface area contributed by atoms with Gasteiger partial charge in [0.15, 0.2) is 17.2 Å². The predicted molar refractivity (Wildman–Crippen MR) is 97.1 cm³/mol. The van der Waals surface area contributed by atoms with Crippen LogP contribution < -0.4 is 10.1 Å². The molecule has 3 heterocycles. The summed E-state index contributed by atoms with van der Waals surface area (Å²) in [6.45, 7) is 6.46. The van der Waals surface area contributed by atoms with Gasteiger partial charge in [-0.1, -0.05) is 12.1 Å². The van der Waals surface area contributed by atoms with E-state index >= 15 is 0 Å². The Kier molecular flexibility index (Phi) is 3.79. The van der Waals surface area contributed by atoms with Gasteiger partial charge in [-0.3, -0.25) is 4.40 Å². The van der Waals surface area contributed by atoms with Crippen molar-refractivity contribution in [2.75, 3.05) is 11.9 Å². The number of aromatic nitrogens is 3. The molecule has 0 fully saturated rings. The Hall–Kier alpha value is -3.09. The predicted octanol–water partition coefficient (Wildman–Crippen LogP) is 3.29. The van der Waals surface area contributed by atoms with Gasteiger partial charge in [-0.15, -0.1) is 0 Å². The van der Waals surface area contributed by atoms with Crippen molar-refractivity contribution in [1.29, 1.82) is 0 Å². The molecular formula is C19H20N4O3. The van der Waals surface area contributed by atoms with Crippen LogP contribution >= 0.6 is 0 Å². The molecule has 1 unspecified atom stereocenters. The second-order valence-corrected chi connectivity index (χ2v) is 6.58. The van der Waals surface area contributed by atoms with Crippen LogP contribution in [0.3, 0.4) is 0 Å². The van der Waals surface area contributed by atoms with Gasteiger partial charge in [-0.05, 0) is 32.4 Å². The third-order valence-corrected chi connectivity index (χ3v) is 4.91. The molecule has 1 aliphatic heterocycles. The molecule has 0 amide bonds. The fourth-order valence-corrected chi connectivity index (χ4v) is 3.44. The fraction of sp³-hybridized carbons (Fsp3) is 0.316. The highest BCUT2D eigenvalue weighted by molar-refractivity contribution is 5.86. The highest BCUT2D eigenvalue weighted by atomic mass is 16.5. The summed E-state index contributed by atoms with van der Waals surface area (Å²) < 4.78 is 7.55. The first kappa shape index (κ1) is 16.4. The zero-order valence-corrected chi connectivity index (χ0v) is 14.9. The lowest BCUT2D eigenvalue weighted by molar-refractivity contribution is 0.0690. The Morgan fingerprint density at radius 3 is 2.88 bits per heavy atom.